The molecule has 4 rings (SSSR count). The van der Waals surface area contributed by atoms with Gasteiger partial charge in [-0.25, -0.2) is 9.37 Å². The summed E-state index contributed by atoms with van der Waals surface area (Å²) in [6, 6.07) is 10.6. The van der Waals surface area contributed by atoms with E-state index in [0.29, 0.717) is 50.0 Å². The average Bonchev–Trinajstić information content (AvgIpc) is 3.62. The number of nitrogens with zero attached hydrogens (tertiary/aromatic N) is 4. The lowest BCUT2D eigenvalue weighted by atomic mass is 9.99. The summed E-state index contributed by atoms with van der Waals surface area (Å²) in [5, 5.41) is 9.86. The van der Waals surface area contributed by atoms with Gasteiger partial charge in [-0.1, -0.05) is 12.1 Å². The van der Waals surface area contributed by atoms with Crippen molar-refractivity contribution >= 4 is 11.7 Å². The van der Waals surface area contributed by atoms with Crippen molar-refractivity contribution in [3.63, 3.8) is 0 Å². The first-order valence-corrected chi connectivity index (χ1v) is 10.8. The molecule has 1 aliphatic carbocycles. The summed E-state index contributed by atoms with van der Waals surface area (Å²) < 4.78 is 18.4. The minimum absolute atomic E-state index is 0.0209. The van der Waals surface area contributed by atoms with Crippen LogP contribution in [0.15, 0.2) is 30.3 Å². The normalized spacial score (nSPS) is 18.7. The van der Waals surface area contributed by atoms with Crippen LogP contribution in [0.25, 0.3) is 11.1 Å². The maximum Gasteiger partial charge on any atom is 0.225 e. The zero-order valence-corrected chi connectivity index (χ0v) is 18.0. The fourth-order valence-electron chi connectivity index (χ4n) is 4.22. The molecule has 7 heteroatoms. The molecule has 31 heavy (non-hydrogen) atoms. The zero-order chi connectivity index (χ0) is 22.0. The number of hydrogen-bond acceptors (Lipinski definition) is 5. The predicted molar refractivity (Wildman–Crippen MR) is 116 cm³/mol. The molecular formula is C24H27FN4O2. The first kappa shape index (κ1) is 21.3. The zero-order valence-electron chi connectivity index (χ0n) is 18.0. The Kier molecular flexibility index (Phi) is 6.19. The maximum atomic E-state index is 13.4. The van der Waals surface area contributed by atoms with Crippen LogP contribution < -0.4 is 4.90 Å². The van der Waals surface area contributed by atoms with Crippen LogP contribution in [-0.4, -0.2) is 55.2 Å². The van der Waals surface area contributed by atoms with Gasteiger partial charge in [0, 0.05) is 44.3 Å². The Bertz CT molecular complexity index is 998. The number of halogens is 1. The van der Waals surface area contributed by atoms with Gasteiger partial charge in [0.25, 0.3) is 0 Å². The topological polar surface area (TPSA) is 69.5 Å². The van der Waals surface area contributed by atoms with E-state index in [1.165, 1.54) is 12.1 Å². The third-order valence-electron chi connectivity index (χ3n) is 6.04. The van der Waals surface area contributed by atoms with Crippen LogP contribution in [0, 0.1) is 17.1 Å². The highest BCUT2D eigenvalue weighted by atomic mass is 19.1. The van der Waals surface area contributed by atoms with Crippen molar-refractivity contribution in [3.8, 4) is 17.2 Å². The minimum atomic E-state index is -0.284. The lowest BCUT2D eigenvalue weighted by Gasteiger charge is -2.41. The van der Waals surface area contributed by atoms with Gasteiger partial charge in [0.2, 0.25) is 5.91 Å². The Balaban J connectivity index is 1.62. The van der Waals surface area contributed by atoms with Crippen LogP contribution >= 0.6 is 0 Å². The minimum Gasteiger partial charge on any atom is -0.384 e. The quantitative estimate of drug-likeness (QED) is 0.710. The van der Waals surface area contributed by atoms with Crippen molar-refractivity contribution in [1.29, 1.82) is 5.26 Å². The van der Waals surface area contributed by atoms with Crippen molar-refractivity contribution in [2.75, 3.05) is 38.3 Å². The molecule has 2 heterocycles. The first-order valence-electron chi connectivity index (χ1n) is 10.8. The Hall–Kier alpha value is -2.98. The first-order chi connectivity index (χ1) is 15.0. The Labute approximate surface area is 182 Å². The van der Waals surface area contributed by atoms with Gasteiger partial charge < -0.3 is 14.5 Å². The van der Waals surface area contributed by atoms with Gasteiger partial charge in [-0.15, -0.1) is 0 Å². The van der Waals surface area contributed by atoms with E-state index >= 15 is 0 Å². The summed E-state index contributed by atoms with van der Waals surface area (Å²) in [5.41, 5.74) is 3.27. The predicted octanol–water partition coefficient (Wildman–Crippen LogP) is 3.71. The molecule has 2 aliphatic rings. The van der Waals surface area contributed by atoms with Crippen molar-refractivity contribution in [2.45, 2.75) is 38.1 Å². The Morgan fingerprint density at radius 1 is 1.29 bits per heavy atom. The highest BCUT2D eigenvalue weighted by Crippen LogP contribution is 2.45. The van der Waals surface area contributed by atoms with Crippen LogP contribution in [0.3, 0.4) is 0 Å². The number of anilines is 1. The van der Waals surface area contributed by atoms with Crippen LogP contribution in [0.5, 0.6) is 0 Å². The molecule has 1 amide bonds. The van der Waals surface area contributed by atoms with Crippen LogP contribution in [0.1, 0.15) is 43.4 Å². The molecule has 1 saturated carbocycles. The van der Waals surface area contributed by atoms with Gasteiger partial charge in [-0.2, -0.15) is 5.26 Å². The molecule has 2 aromatic rings. The van der Waals surface area contributed by atoms with E-state index in [0.717, 1.165) is 29.7 Å². The fourth-order valence-corrected chi connectivity index (χ4v) is 4.22. The molecule has 1 aromatic carbocycles. The molecule has 162 valence electrons. The lowest BCUT2D eigenvalue weighted by molar-refractivity contribution is -0.134. The second-order valence-corrected chi connectivity index (χ2v) is 8.31. The van der Waals surface area contributed by atoms with Gasteiger partial charge in [0.05, 0.1) is 24.3 Å². The number of rotatable bonds is 6. The maximum absolute atomic E-state index is 13.4. The summed E-state index contributed by atoms with van der Waals surface area (Å²) in [7, 11) is 1.59. The summed E-state index contributed by atoms with van der Waals surface area (Å²) in [6.45, 7) is 4.29. The standard InChI is InChI=1S/C24H27FN4O2/c1-16-15-28(10-11-29(16)22(30)9-12-31-2)24-19(14-26)13-21(23(27-24)18-3-4-18)17-5-7-20(25)8-6-17/h5-8,13,16,18H,3-4,9-12,15H2,1-2H3. The molecular weight excluding hydrogens is 395 g/mol. The van der Waals surface area contributed by atoms with Crippen LogP contribution in [0.2, 0.25) is 0 Å². The van der Waals surface area contributed by atoms with Gasteiger partial charge in [0.1, 0.15) is 17.7 Å². The lowest BCUT2D eigenvalue weighted by Crippen LogP contribution is -2.54. The van der Waals surface area contributed by atoms with Crippen LogP contribution in [-0.2, 0) is 9.53 Å². The molecule has 1 atom stereocenters. The Morgan fingerprint density at radius 2 is 2.03 bits per heavy atom. The van der Waals surface area contributed by atoms with Gasteiger partial charge in [-0.05, 0) is 43.5 Å². The monoisotopic (exact) mass is 422 g/mol. The highest BCUT2D eigenvalue weighted by molar-refractivity contribution is 5.77. The smallest absolute Gasteiger partial charge is 0.225 e. The average molecular weight is 423 g/mol. The number of carbonyl (C=O) groups is 1. The number of nitriles is 1. The van der Waals surface area contributed by atoms with Crippen molar-refractivity contribution in [1.82, 2.24) is 9.88 Å². The number of carbonyl (C=O) groups excluding carboxylic acids is 1. The van der Waals surface area contributed by atoms with Gasteiger partial charge in [0.15, 0.2) is 0 Å². The molecule has 0 spiro atoms. The number of piperazine rings is 1. The number of pyridine rings is 1. The van der Waals surface area contributed by atoms with Crippen molar-refractivity contribution in [2.24, 2.45) is 0 Å². The second-order valence-electron chi connectivity index (χ2n) is 8.31. The van der Waals surface area contributed by atoms with Gasteiger partial charge >= 0.3 is 0 Å². The molecule has 0 radical (unpaired) electrons. The van der Waals surface area contributed by atoms with E-state index in [9.17, 15) is 14.4 Å². The largest absolute Gasteiger partial charge is 0.384 e. The van der Waals surface area contributed by atoms with E-state index in [2.05, 4.69) is 11.0 Å². The third kappa shape index (κ3) is 4.54. The summed E-state index contributed by atoms with van der Waals surface area (Å²) in [4.78, 5) is 21.4. The number of aromatic nitrogens is 1. The van der Waals surface area contributed by atoms with E-state index in [4.69, 9.17) is 9.72 Å². The highest BCUT2D eigenvalue weighted by Gasteiger charge is 2.33. The summed E-state index contributed by atoms with van der Waals surface area (Å²) >= 11 is 0. The van der Waals surface area contributed by atoms with E-state index < -0.39 is 0 Å². The van der Waals surface area contributed by atoms with E-state index in [1.807, 2.05) is 17.9 Å². The van der Waals surface area contributed by atoms with E-state index in [-0.39, 0.29) is 17.8 Å². The molecule has 6 nitrogen and oxygen atoms in total. The Morgan fingerprint density at radius 3 is 2.65 bits per heavy atom. The van der Waals surface area contributed by atoms with E-state index in [1.54, 1.807) is 19.2 Å². The SMILES string of the molecule is COCCC(=O)N1CCN(c2nc(C3CC3)c(-c3ccc(F)cc3)cc2C#N)CC1C. The van der Waals surface area contributed by atoms with Crippen molar-refractivity contribution in [3.05, 3.63) is 47.4 Å². The molecule has 1 saturated heterocycles. The summed E-state index contributed by atoms with van der Waals surface area (Å²) in [5.74, 6) is 0.869. The molecule has 0 N–H and O–H groups in total. The molecule has 1 aromatic heterocycles. The van der Waals surface area contributed by atoms with Crippen molar-refractivity contribution < 1.29 is 13.9 Å². The second kappa shape index (κ2) is 9.03. The molecule has 1 unspecified atom stereocenters. The number of hydrogen-bond donors (Lipinski definition) is 0. The molecule has 0 bridgehead atoms. The summed E-state index contributed by atoms with van der Waals surface area (Å²) in [6.07, 6.45) is 2.52. The number of methoxy groups -OCH3 is 1. The van der Waals surface area contributed by atoms with Gasteiger partial charge in [-0.3, -0.25) is 4.79 Å². The fraction of sp³-hybridized carbons (Fsp3) is 0.458. The number of ether oxygens (including phenoxy) is 1. The third-order valence-corrected chi connectivity index (χ3v) is 6.04. The number of amides is 1. The number of benzene rings is 1. The van der Waals surface area contributed by atoms with Crippen LogP contribution in [0.4, 0.5) is 10.2 Å². The molecule has 2 fully saturated rings. The molecule has 1 aliphatic heterocycles.